The summed E-state index contributed by atoms with van der Waals surface area (Å²) in [6.45, 7) is 0. The van der Waals surface area contributed by atoms with Crippen molar-refractivity contribution < 1.29 is 36.2 Å². The van der Waals surface area contributed by atoms with Gasteiger partial charge in [0.1, 0.15) is 5.69 Å². The van der Waals surface area contributed by atoms with Gasteiger partial charge in [0, 0.05) is 13.1 Å². The maximum Gasteiger partial charge on any atom is 0.419 e. The van der Waals surface area contributed by atoms with E-state index in [4.69, 9.17) is 23.2 Å². The van der Waals surface area contributed by atoms with E-state index in [1.807, 2.05) is 0 Å². The lowest BCUT2D eigenvalue weighted by Crippen LogP contribution is -2.20. The Bertz CT molecular complexity index is 1090. The van der Waals surface area contributed by atoms with Crippen LogP contribution in [0.15, 0.2) is 22.7 Å². The van der Waals surface area contributed by atoms with Crippen LogP contribution in [-0.2, 0) is 12.4 Å². The van der Waals surface area contributed by atoms with Crippen molar-refractivity contribution >= 4 is 61.9 Å². The number of nitro benzene ring substituents is 2. The van der Waals surface area contributed by atoms with Gasteiger partial charge in [0.2, 0.25) is 0 Å². The van der Waals surface area contributed by atoms with Crippen LogP contribution in [0.2, 0.25) is 10.0 Å². The third kappa shape index (κ3) is 4.80. The Balaban J connectivity index is 2.98. The summed E-state index contributed by atoms with van der Waals surface area (Å²) in [6.07, 6.45) is -10.4. The van der Waals surface area contributed by atoms with Crippen molar-refractivity contribution in [3.05, 3.63) is 64.1 Å². The first-order chi connectivity index (χ1) is 14.0. The van der Waals surface area contributed by atoms with Crippen LogP contribution in [0.3, 0.4) is 0 Å². The summed E-state index contributed by atoms with van der Waals surface area (Å²) in [4.78, 5) is 20.1. The molecule has 0 radical (unpaired) electrons. The molecule has 0 aromatic heterocycles. The molecule has 2 aromatic carbocycles. The van der Waals surface area contributed by atoms with E-state index in [1.54, 1.807) is 0 Å². The molecule has 2 aromatic rings. The molecule has 0 spiro atoms. The van der Waals surface area contributed by atoms with Crippen molar-refractivity contribution in [1.82, 2.24) is 0 Å². The number of nitro groups is 2. The fourth-order valence-electron chi connectivity index (χ4n) is 2.68. The van der Waals surface area contributed by atoms with Crippen molar-refractivity contribution in [3.8, 4) is 0 Å². The highest BCUT2D eigenvalue weighted by molar-refractivity contribution is 9.10. The van der Waals surface area contributed by atoms with Crippen LogP contribution in [0.25, 0.3) is 0 Å². The quantitative estimate of drug-likeness (QED) is 0.223. The molecule has 7 nitrogen and oxygen atoms in total. The van der Waals surface area contributed by atoms with Crippen LogP contribution >= 0.6 is 39.1 Å². The minimum absolute atomic E-state index is 0.0290. The molecule has 0 saturated heterocycles. The molecule has 0 aliphatic rings. The zero-order chi connectivity index (χ0) is 24.0. The van der Waals surface area contributed by atoms with Crippen LogP contribution in [0, 0.1) is 20.2 Å². The minimum Gasteiger partial charge on any atom is -0.336 e. The van der Waals surface area contributed by atoms with Crippen molar-refractivity contribution in [2.75, 3.05) is 11.9 Å². The molecule has 0 fully saturated rings. The highest BCUT2D eigenvalue weighted by atomic mass is 79.9. The third-order valence-electron chi connectivity index (χ3n) is 3.89. The number of alkyl halides is 6. The van der Waals surface area contributed by atoms with Gasteiger partial charge in [-0.25, -0.2) is 0 Å². The van der Waals surface area contributed by atoms with Gasteiger partial charge in [0.25, 0.3) is 11.4 Å². The van der Waals surface area contributed by atoms with E-state index in [-0.39, 0.29) is 12.1 Å². The van der Waals surface area contributed by atoms with E-state index in [0.717, 1.165) is 7.05 Å². The van der Waals surface area contributed by atoms with Gasteiger partial charge in [-0.15, -0.1) is 0 Å². The van der Waals surface area contributed by atoms with Gasteiger partial charge in [0.15, 0.2) is 0 Å². The topological polar surface area (TPSA) is 89.5 Å². The molecule has 16 heteroatoms. The first-order valence-corrected chi connectivity index (χ1v) is 9.05. The van der Waals surface area contributed by atoms with Gasteiger partial charge in [-0.1, -0.05) is 23.2 Å². The Kier molecular flexibility index (Phi) is 6.69. The Hall–Kier alpha value is -2.32. The van der Waals surface area contributed by atoms with Crippen molar-refractivity contribution in [2.24, 2.45) is 0 Å². The van der Waals surface area contributed by atoms with Crippen LogP contribution in [0.1, 0.15) is 11.1 Å². The number of hydrogen-bond acceptors (Lipinski definition) is 5. The van der Waals surface area contributed by atoms with Gasteiger partial charge >= 0.3 is 12.4 Å². The molecule has 0 heterocycles. The molecule has 0 amide bonds. The molecule has 31 heavy (non-hydrogen) atoms. The number of anilines is 2. The molecule has 0 saturated carbocycles. The predicted molar refractivity (Wildman–Crippen MR) is 102 cm³/mol. The number of non-ortho nitro benzene ring substituents is 1. The maximum absolute atomic E-state index is 13.6. The third-order valence-corrected chi connectivity index (χ3v) is 5.25. The molecule has 0 atom stereocenters. The van der Waals surface area contributed by atoms with Crippen LogP contribution < -0.4 is 4.90 Å². The summed E-state index contributed by atoms with van der Waals surface area (Å²) in [5.74, 6) is 0. The maximum atomic E-state index is 13.6. The molecular weight excluding hydrogens is 551 g/mol. The summed E-state index contributed by atoms with van der Waals surface area (Å²) in [7, 11) is 0.781. The summed E-state index contributed by atoms with van der Waals surface area (Å²) in [6, 6.07) is 0.887. The van der Waals surface area contributed by atoms with Crippen molar-refractivity contribution in [1.29, 1.82) is 0 Å². The summed E-state index contributed by atoms with van der Waals surface area (Å²) < 4.78 is 80.1. The summed E-state index contributed by atoms with van der Waals surface area (Å²) in [5, 5.41) is 20.9. The number of hydrogen-bond donors (Lipinski definition) is 0. The predicted octanol–water partition coefficient (Wildman–Crippen LogP) is 7.38. The Morgan fingerprint density at radius 2 is 1.45 bits per heavy atom. The van der Waals surface area contributed by atoms with E-state index >= 15 is 0 Å². The molecular formula is C15H6BrCl2F6N3O4. The Labute approximate surface area is 186 Å². The second-order valence-corrected chi connectivity index (χ2v) is 7.42. The van der Waals surface area contributed by atoms with Crippen LogP contribution in [-0.4, -0.2) is 16.9 Å². The molecule has 2 rings (SSSR count). The van der Waals surface area contributed by atoms with Gasteiger partial charge < -0.3 is 4.90 Å². The zero-order valence-corrected chi connectivity index (χ0v) is 17.7. The SMILES string of the molecule is CN(c1c([N+](=O)[O-])cc([N+](=O)[O-])cc1C(F)(F)F)c1c(Cl)cc(Cl)c(C(F)(F)F)c1Br. The Morgan fingerprint density at radius 3 is 1.87 bits per heavy atom. The standard InChI is InChI=1S/C15H6BrCl2F6N3O4/c1-25(13-8(18)4-7(17)10(11(13)16)15(22,23)24)12-6(14(19,20)21)2-5(26(28)29)3-9(12)27(30)31/h2-4H,1H3. The largest absolute Gasteiger partial charge is 0.419 e. The first-order valence-electron chi connectivity index (χ1n) is 7.50. The van der Waals surface area contributed by atoms with E-state index in [2.05, 4.69) is 15.9 Å². The van der Waals surface area contributed by atoms with Crippen LogP contribution in [0.5, 0.6) is 0 Å². The molecule has 168 valence electrons. The van der Waals surface area contributed by atoms with E-state index < -0.39 is 70.6 Å². The van der Waals surface area contributed by atoms with E-state index in [9.17, 15) is 46.6 Å². The zero-order valence-electron chi connectivity index (χ0n) is 14.6. The fraction of sp³-hybridized carbons (Fsp3) is 0.200. The van der Waals surface area contributed by atoms with Gasteiger partial charge in [0.05, 0.1) is 47.2 Å². The smallest absolute Gasteiger partial charge is 0.336 e. The fourth-order valence-corrected chi connectivity index (χ4v) is 4.52. The Morgan fingerprint density at radius 1 is 0.903 bits per heavy atom. The monoisotopic (exact) mass is 555 g/mol. The van der Waals surface area contributed by atoms with Crippen LogP contribution in [0.4, 0.5) is 49.1 Å². The van der Waals surface area contributed by atoms with Crippen molar-refractivity contribution in [2.45, 2.75) is 12.4 Å². The number of halogens is 9. The molecule has 0 aliphatic heterocycles. The summed E-state index contributed by atoms with van der Waals surface area (Å²) in [5.41, 5.74) is -7.94. The van der Waals surface area contributed by atoms with Crippen molar-refractivity contribution in [3.63, 3.8) is 0 Å². The first kappa shape index (κ1) is 24.9. The second-order valence-electron chi connectivity index (χ2n) is 5.81. The average molecular weight is 557 g/mol. The van der Waals surface area contributed by atoms with Gasteiger partial charge in [-0.3, -0.25) is 20.2 Å². The molecule has 0 aliphatic carbocycles. The summed E-state index contributed by atoms with van der Waals surface area (Å²) >= 11 is 14.1. The number of nitrogens with zero attached hydrogens (tertiary/aromatic N) is 3. The van der Waals surface area contributed by atoms with Gasteiger partial charge in [-0.2, -0.15) is 26.3 Å². The molecule has 0 bridgehead atoms. The molecule has 0 unspecified atom stereocenters. The second kappa shape index (κ2) is 8.31. The van der Waals surface area contributed by atoms with Gasteiger partial charge in [-0.05, 0) is 22.0 Å². The number of rotatable bonds is 4. The van der Waals surface area contributed by atoms with E-state index in [1.165, 1.54) is 0 Å². The lowest BCUT2D eigenvalue weighted by Gasteiger charge is -2.27. The minimum atomic E-state index is -5.35. The lowest BCUT2D eigenvalue weighted by molar-refractivity contribution is -0.394. The number of benzene rings is 2. The highest BCUT2D eigenvalue weighted by Gasteiger charge is 2.43. The van der Waals surface area contributed by atoms with E-state index in [0.29, 0.717) is 11.0 Å². The normalized spacial score (nSPS) is 12.1. The lowest BCUT2D eigenvalue weighted by atomic mass is 10.1. The highest BCUT2D eigenvalue weighted by Crippen LogP contribution is 2.52. The average Bonchev–Trinajstić information content (AvgIpc) is 2.57. The molecule has 0 N–H and O–H groups in total.